The second kappa shape index (κ2) is 15.4. The lowest BCUT2D eigenvalue weighted by Crippen LogP contribution is -2.36. The van der Waals surface area contributed by atoms with Gasteiger partial charge in [0.05, 0.1) is 11.5 Å². The maximum atomic E-state index is 13.6. The van der Waals surface area contributed by atoms with Crippen LogP contribution in [-0.2, 0) is 4.79 Å². The molecule has 0 bridgehead atoms. The summed E-state index contributed by atoms with van der Waals surface area (Å²) in [6.45, 7) is 17.7. The molecule has 48 heavy (non-hydrogen) atoms. The fourth-order valence-electron chi connectivity index (χ4n) is 7.51. The van der Waals surface area contributed by atoms with Gasteiger partial charge in [-0.3, -0.25) is 4.79 Å². The Bertz CT molecular complexity index is 1740. The minimum atomic E-state index is -0.540. The third-order valence-corrected chi connectivity index (χ3v) is 10.2. The van der Waals surface area contributed by atoms with Gasteiger partial charge in [0.2, 0.25) is 11.4 Å². The number of aliphatic hydroxyl groups is 1. The van der Waals surface area contributed by atoms with Crippen LogP contribution in [0.4, 0.5) is 17.1 Å². The summed E-state index contributed by atoms with van der Waals surface area (Å²) in [6.07, 6.45) is 15.3. The minimum Gasteiger partial charge on any atom is -0.511 e. The van der Waals surface area contributed by atoms with Crippen LogP contribution in [0.5, 0.6) is 0 Å². The molecular weight excluding hydrogens is 588 g/mol. The number of nitrogens with zero attached hydrogens (tertiary/aromatic N) is 2. The van der Waals surface area contributed by atoms with Crippen molar-refractivity contribution in [3.63, 3.8) is 0 Å². The Balaban J connectivity index is 1.39. The number of rotatable bonds is 13. The summed E-state index contributed by atoms with van der Waals surface area (Å²) < 4.78 is 2.43. The molecule has 0 spiro atoms. The van der Waals surface area contributed by atoms with Gasteiger partial charge in [-0.05, 0) is 89.8 Å². The van der Waals surface area contributed by atoms with Gasteiger partial charge in [0.15, 0.2) is 11.8 Å². The van der Waals surface area contributed by atoms with E-state index in [1.807, 2.05) is 12.1 Å². The van der Waals surface area contributed by atoms with Crippen molar-refractivity contribution in [1.82, 2.24) is 0 Å². The topological polar surface area (TPSA) is 43.5 Å². The van der Waals surface area contributed by atoms with E-state index in [0.29, 0.717) is 17.7 Å². The smallest absolute Gasteiger partial charge is 0.208 e. The van der Waals surface area contributed by atoms with Gasteiger partial charge in [-0.25, -0.2) is 0 Å². The molecule has 252 valence electrons. The largest absolute Gasteiger partial charge is 0.511 e. The van der Waals surface area contributed by atoms with Crippen molar-refractivity contribution < 1.29 is 14.5 Å². The van der Waals surface area contributed by atoms with Crippen molar-refractivity contribution in [2.45, 2.75) is 106 Å². The van der Waals surface area contributed by atoms with Crippen molar-refractivity contribution in [3.05, 3.63) is 119 Å². The Kier molecular flexibility index (Phi) is 11.2. The van der Waals surface area contributed by atoms with E-state index in [2.05, 4.69) is 138 Å². The first-order valence-corrected chi connectivity index (χ1v) is 18.1. The highest BCUT2D eigenvalue weighted by Gasteiger charge is 2.44. The molecule has 3 atom stereocenters. The molecule has 0 radical (unpaired) electrons. The molecule has 4 heteroatoms. The van der Waals surface area contributed by atoms with Crippen molar-refractivity contribution in [2.75, 3.05) is 4.90 Å². The molecule has 0 saturated carbocycles. The maximum Gasteiger partial charge on any atom is 0.208 e. The van der Waals surface area contributed by atoms with Gasteiger partial charge in [0, 0.05) is 53.5 Å². The van der Waals surface area contributed by atoms with Crippen LogP contribution in [0, 0.1) is 39.5 Å². The van der Waals surface area contributed by atoms with E-state index in [1.54, 1.807) is 0 Å². The lowest BCUT2D eigenvalue weighted by molar-refractivity contribution is -0.480. The molecule has 0 aromatic heterocycles. The number of aryl methyl sites for hydroxylation is 4. The second-order valence-electron chi connectivity index (χ2n) is 14.2. The van der Waals surface area contributed by atoms with Gasteiger partial charge >= 0.3 is 0 Å². The molecular formula is C44H55N2O2+. The number of carbonyl (C=O) groups excluding carboxylic acids is 1. The summed E-state index contributed by atoms with van der Waals surface area (Å²) in [6, 6.07) is 22.1. The number of ketones is 1. The minimum absolute atomic E-state index is 0.00750. The van der Waals surface area contributed by atoms with Gasteiger partial charge < -0.3 is 10.0 Å². The predicted octanol–water partition coefficient (Wildman–Crippen LogP) is 11.2. The van der Waals surface area contributed by atoms with Crippen LogP contribution in [0.25, 0.3) is 5.57 Å². The van der Waals surface area contributed by atoms with Crippen LogP contribution in [0.15, 0.2) is 90.7 Å². The fraction of sp³-hybridized carbons (Fsp3) is 0.409. The summed E-state index contributed by atoms with van der Waals surface area (Å²) in [5.74, 6) is -0.508. The molecule has 2 aliphatic rings. The van der Waals surface area contributed by atoms with Gasteiger partial charge in [-0.1, -0.05) is 86.7 Å². The molecule has 3 aromatic carbocycles. The molecule has 0 fully saturated rings. The summed E-state index contributed by atoms with van der Waals surface area (Å²) >= 11 is 0. The standard InChI is InChI=1S/C44H54N2O2/c1-9-11-13-33(7)45(39-25-15-29(3)27-31(39)5)37-21-17-35(18-22-37)41-43(47)42(44(41)48)36-19-23-38(24-20-36)46(34(8)14-12-10-2)40-26-16-30(4)28-32(40)6/h15-28,33-35,41H,9-14H2,1-8H3/p+1. The van der Waals surface area contributed by atoms with Crippen molar-refractivity contribution in [1.29, 1.82) is 0 Å². The number of anilines is 2. The number of carbonyl (C=O) groups is 1. The van der Waals surface area contributed by atoms with E-state index >= 15 is 0 Å². The number of allylic oxidation sites excluding steroid dienone is 6. The number of aliphatic hydroxyl groups excluding tert-OH is 1. The Morgan fingerprint density at radius 2 is 1.40 bits per heavy atom. The van der Waals surface area contributed by atoms with Gasteiger partial charge in [-0.15, -0.1) is 0 Å². The third kappa shape index (κ3) is 7.28. The van der Waals surface area contributed by atoms with Gasteiger partial charge in [0.25, 0.3) is 0 Å². The Labute approximate surface area is 289 Å². The third-order valence-electron chi connectivity index (χ3n) is 10.2. The number of benzene rings is 3. The summed E-state index contributed by atoms with van der Waals surface area (Å²) in [4.78, 5) is 16.1. The highest BCUT2D eigenvalue weighted by atomic mass is 16.3. The van der Waals surface area contributed by atoms with E-state index in [0.717, 1.165) is 42.6 Å². The molecule has 2 aliphatic carbocycles. The number of unbranched alkanes of at least 4 members (excludes halogenated alkanes) is 2. The monoisotopic (exact) mass is 643 g/mol. The number of hydrogen-bond acceptors (Lipinski definition) is 3. The molecule has 1 N–H and O–H groups in total. The Morgan fingerprint density at radius 3 is 1.98 bits per heavy atom. The molecule has 4 nitrogen and oxygen atoms in total. The van der Waals surface area contributed by atoms with Crippen LogP contribution in [0.1, 0.15) is 94.0 Å². The first-order valence-electron chi connectivity index (χ1n) is 18.1. The second-order valence-corrected chi connectivity index (χ2v) is 14.2. The Hall–Kier alpha value is -4.18. The van der Waals surface area contributed by atoms with Crippen LogP contribution >= 0.6 is 0 Å². The zero-order chi connectivity index (χ0) is 34.5. The van der Waals surface area contributed by atoms with Crippen molar-refractivity contribution in [2.24, 2.45) is 11.8 Å². The summed E-state index contributed by atoms with van der Waals surface area (Å²) in [5, 5.41) is 11.3. The first-order chi connectivity index (χ1) is 23.0. The molecule has 0 aliphatic heterocycles. The summed E-state index contributed by atoms with van der Waals surface area (Å²) in [7, 11) is 0. The lowest BCUT2D eigenvalue weighted by atomic mass is 9.71. The normalized spacial score (nSPS) is 18.6. The predicted molar refractivity (Wildman–Crippen MR) is 203 cm³/mol. The molecule has 3 aromatic rings. The highest BCUT2D eigenvalue weighted by molar-refractivity contribution is 6.30. The average Bonchev–Trinajstić information content (AvgIpc) is 3.06. The van der Waals surface area contributed by atoms with Crippen LogP contribution in [-0.4, -0.2) is 33.3 Å². The lowest BCUT2D eigenvalue weighted by Gasteiger charge is -2.34. The zero-order valence-corrected chi connectivity index (χ0v) is 30.4. The number of Topliss-reactive ketones (excluding diaryl/α,β-unsaturated/α-hetero) is 1. The van der Waals surface area contributed by atoms with E-state index in [-0.39, 0.29) is 17.5 Å². The van der Waals surface area contributed by atoms with Crippen molar-refractivity contribution in [3.8, 4) is 0 Å². The summed E-state index contributed by atoms with van der Waals surface area (Å²) in [5.41, 5.74) is 10.9. The zero-order valence-electron chi connectivity index (χ0n) is 30.4. The number of hydrogen-bond donors (Lipinski definition) is 1. The van der Waals surface area contributed by atoms with E-state index < -0.39 is 5.92 Å². The SMILES string of the molecule is CCCCC(C)N(c1ccc(C2=C(O)C(C3C=CC(=[N+](c4ccc(C)cc4C)C(C)CCCC)C=C3)C2=O)cc1)c1ccc(C)cc1C. The van der Waals surface area contributed by atoms with Crippen LogP contribution < -0.4 is 4.90 Å². The average molecular weight is 644 g/mol. The molecule has 5 rings (SSSR count). The fourth-order valence-corrected chi connectivity index (χ4v) is 7.51. The van der Waals surface area contributed by atoms with Crippen molar-refractivity contribution >= 4 is 34.1 Å². The molecule has 3 unspecified atom stereocenters. The van der Waals surface area contributed by atoms with E-state index in [1.165, 1.54) is 46.5 Å². The van der Waals surface area contributed by atoms with Gasteiger partial charge in [0.1, 0.15) is 5.76 Å². The molecule has 0 saturated heterocycles. The van der Waals surface area contributed by atoms with E-state index in [9.17, 15) is 9.90 Å². The molecule has 0 amide bonds. The Morgan fingerprint density at radius 1 is 0.792 bits per heavy atom. The molecule has 0 heterocycles. The quantitative estimate of drug-likeness (QED) is 0.189. The van der Waals surface area contributed by atoms with Crippen LogP contribution in [0.3, 0.4) is 0 Å². The highest BCUT2D eigenvalue weighted by Crippen LogP contribution is 2.43. The first kappa shape index (κ1) is 35.1. The van der Waals surface area contributed by atoms with E-state index in [4.69, 9.17) is 0 Å². The maximum absolute atomic E-state index is 13.6. The van der Waals surface area contributed by atoms with Gasteiger partial charge in [-0.2, -0.15) is 4.58 Å². The van der Waals surface area contributed by atoms with Crippen LogP contribution in [0.2, 0.25) is 0 Å².